The molecule has 6 bridgehead atoms. The number of rotatable bonds is 12. The quantitative estimate of drug-likeness (QED) is 0.0623. The van der Waals surface area contributed by atoms with Gasteiger partial charge in [0.2, 0.25) is 11.8 Å². The Morgan fingerprint density at radius 3 is 2.47 bits per heavy atom. The van der Waals surface area contributed by atoms with E-state index in [0.717, 1.165) is 47.4 Å². The average Bonchev–Trinajstić information content (AvgIpc) is 3.96. The molecule has 18 heteroatoms. The number of ether oxygens (including phenoxy) is 2. The number of fused-ring (bicyclic) bond motifs is 6. The number of carbonyl (C=O) groups excluding carboxylic acids is 5. The number of nitrogens with one attached hydrogen (secondary N) is 2. The molecule has 0 radical (unpaired) electrons. The van der Waals surface area contributed by atoms with Crippen LogP contribution in [0.4, 0.5) is 8.78 Å². The minimum Gasteiger partial charge on any atom is -0.508 e. The van der Waals surface area contributed by atoms with Gasteiger partial charge in [0.15, 0.2) is 0 Å². The number of aliphatic imine (C=N–C) groups is 1. The first-order valence-electron chi connectivity index (χ1n) is 25.0. The fourth-order valence-corrected chi connectivity index (χ4v) is 10.1. The van der Waals surface area contributed by atoms with Gasteiger partial charge in [-0.05, 0) is 119 Å². The zero-order valence-electron chi connectivity index (χ0n) is 44.1. The number of likely N-dealkylation sites (N-methyl/N-ethyl adjacent to an activating group) is 1. The molecule has 3 N–H and O–H groups in total. The molecule has 3 aliphatic heterocycles. The zero-order valence-corrected chi connectivity index (χ0v) is 44.1. The van der Waals surface area contributed by atoms with E-state index in [2.05, 4.69) is 34.9 Å². The van der Waals surface area contributed by atoms with Gasteiger partial charge < -0.3 is 34.3 Å². The molecule has 3 aliphatic rings. The van der Waals surface area contributed by atoms with E-state index in [-0.39, 0.29) is 50.9 Å². The number of cyclic esters (lactones) is 1. The lowest BCUT2D eigenvalue weighted by atomic mass is 9.84. The third-order valence-corrected chi connectivity index (χ3v) is 14.0. The lowest BCUT2D eigenvalue weighted by Crippen LogP contribution is -2.62. The van der Waals surface area contributed by atoms with Crippen LogP contribution in [0, 0.1) is 29.1 Å². The minimum absolute atomic E-state index is 0.0495. The molecule has 73 heavy (non-hydrogen) atoms. The molecule has 4 amide bonds. The lowest BCUT2D eigenvalue weighted by molar-refractivity contribution is -0.155. The van der Waals surface area contributed by atoms with Crippen molar-refractivity contribution in [2.45, 2.75) is 117 Å². The van der Waals surface area contributed by atoms with Crippen molar-refractivity contribution in [3.8, 4) is 28.7 Å². The summed E-state index contributed by atoms with van der Waals surface area (Å²) in [6.07, 6.45) is 4.63. The van der Waals surface area contributed by atoms with E-state index in [1.807, 2.05) is 51.8 Å². The number of allylic oxidation sites excluding steroid dienone is 2. The number of amides is 4. The highest BCUT2D eigenvalue weighted by Gasteiger charge is 2.41. The first-order chi connectivity index (χ1) is 34.4. The van der Waals surface area contributed by atoms with E-state index in [1.54, 1.807) is 51.3 Å². The standard InChI is InChI=1S/C55H72F2N8O8/c1-13-40(47(58-14-2)34(6)72-12)49-42-30-54(7,8)32-73-53(71)43-17-16-23-65(60-43)52(70)44(27-35-25-38(28-39(66)26-35)36-18-19-45(41(42)29-36)64(49)15-3)59-50(68)48(33(4)5)62(11)51(69)37-21-24-63(31-37)46(67)20-22-55(56,57)61(9)10/h13-14,18-19,25-26,28-29,33-34,37,43-44,48,60,66H,1,15-17,21,23-24,27,30-32H2,2-12H3,(H,59,68)/b47-40+,58-14?/t34-,37?,43-,44-,48-/m0/s1. The second-order valence-corrected chi connectivity index (χ2v) is 20.5. The van der Waals surface area contributed by atoms with Gasteiger partial charge >= 0.3 is 12.0 Å². The number of likely N-dealkylation sites (tertiary alicyclic amines) is 1. The number of carbonyl (C=O) groups is 5. The second kappa shape index (κ2) is 23.2. The van der Waals surface area contributed by atoms with E-state index in [9.17, 15) is 37.9 Å². The number of esters is 1. The number of phenolic OH excluding ortho intramolecular Hbond substituents is 1. The monoisotopic (exact) mass is 1010 g/mol. The number of benzene rings is 2. The first-order valence-corrected chi connectivity index (χ1v) is 25.0. The number of alkyl halides is 2. The maximum atomic E-state index is 14.8. The predicted molar refractivity (Wildman–Crippen MR) is 277 cm³/mol. The van der Waals surface area contributed by atoms with Gasteiger partial charge in [0, 0.05) is 80.8 Å². The van der Waals surface area contributed by atoms with Crippen molar-refractivity contribution in [2.75, 3.05) is 54.5 Å². The molecule has 0 saturated carbocycles. The van der Waals surface area contributed by atoms with Gasteiger partial charge in [-0.25, -0.2) is 10.3 Å². The predicted octanol–water partition coefficient (Wildman–Crippen LogP) is 6.19. The number of hydrogen-bond donors (Lipinski definition) is 3. The maximum absolute atomic E-state index is 14.8. The lowest BCUT2D eigenvalue weighted by Gasteiger charge is -2.37. The van der Waals surface area contributed by atoms with Crippen LogP contribution in [0.2, 0.25) is 0 Å². The second-order valence-electron chi connectivity index (χ2n) is 20.5. The average molecular weight is 1010 g/mol. The molecular formula is C55H72F2N8O8. The van der Waals surface area contributed by atoms with Crippen LogP contribution >= 0.6 is 0 Å². The Balaban J connectivity index is 1.41. The van der Waals surface area contributed by atoms with E-state index in [4.69, 9.17) is 14.5 Å². The summed E-state index contributed by atoms with van der Waals surface area (Å²) < 4.78 is 42.4. The highest BCUT2D eigenvalue weighted by atomic mass is 19.3. The van der Waals surface area contributed by atoms with E-state index in [0.29, 0.717) is 47.5 Å². The molecule has 2 fully saturated rings. The molecule has 0 aliphatic carbocycles. The van der Waals surface area contributed by atoms with Crippen molar-refractivity contribution in [1.29, 1.82) is 0 Å². The molecule has 3 aromatic rings. The third kappa shape index (κ3) is 12.5. The smallest absolute Gasteiger partial charge is 0.369 e. The summed E-state index contributed by atoms with van der Waals surface area (Å²) >= 11 is 0. The fraction of sp³-hybridized carbons (Fsp3) is 0.527. The molecule has 2 saturated heterocycles. The van der Waals surface area contributed by atoms with Crippen LogP contribution in [0.5, 0.6) is 5.75 Å². The summed E-state index contributed by atoms with van der Waals surface area (Å²) in [6, 6.07) is 4.42. The summed E-state index contributed by atoms with van der Waals surface area (Å²) in [5.74, 6) is -0.535. The van der Waals surface area contributed by atoms with Crippen LogP contribution in [0.3, 0.4) is 0 Å². The molecule has 16 nitrogen and oxygen atoms in total. The van der Waals surface area contributed by atoms with E-state index >= 15 is 0 Å². The summed E-state index contributed by atoms with van der Waals surface area (Å²) in [6.45, 7) is 18.6. The van der Waals surface area contributed by atoms with Crippen LogP contribution in [0.15, 0.2) is 59.7 Å². The molecule has 2 aromatic carbocycles. The van der Waals surface area contributed by atoms with Crippen LogP contribution in [0.25, 0.3) is 27.6 Å². The maximum Gasteiger partial charge on any atom is 0.369 e. The molecule has 1 unspecified atom stereocenters. The Kier molecular flexibility index (Phi) is 17.8. The molecule has 0 spiro atoms. The number of aryl methyl sites for hydroxylation is 1. The number of hydrogen-bond acceptors (Lipinski definition) is 11. The van der Waals surface area contributed by atoms with Crippen LogP contribution < -0.4 is 10.7 Å². The topological polar surface area (TPSA) is 178 Å². The summed E-state index contributed by atoms with van der Waals surface area (Å²) in [4.78, 5) is 78.2. The van der Waals surface area contributed by atoms with Gasteiger partial charge in [0.1, 0.15) is 23.9 Å². The largest absolute Gasteiger partial charge is 0.508 e. The third-order valence-electron chi connectivity index (χ3n) is 14.0. The Bertz CT molecular complexity index is 2730. The van der Waals surface area contributed by atoms with Crippen LogP contribution in [-0.4, -0.2) is 150 Å². The Morgan fingerprint density at radius 2 is 1.82 bits per heavy atom. The molecule has 5 atom stereocenters. The van der Waals surface area contributed by atoms with Gasteiger partial charge in [-0.1, -0.05) is 52.5 Å². The number of hydrazine groups is 1. The van der Waals surface area contributed by atoms with Gasteiger partial charge in [0.05, 0.1) is 30.0 Å². The number of methoxy groups -OCH3 is 1. The number of aromatic nitrogens is 1. The summed E-state index contributed by atoms with van der Waals surface area (Å²) in [7, 11) is 5.40. The number of aromatic hydroxyl groups is 1. The fourth-order valence-electron chi connectivity index (χ4n) is 10.1. The van der Waals surface area contributed by atoms with Crippen molar-refractivity contribution < 1.29 is 47.3 Å². The first kappa shape index (κ1) is 55.9. The van der Waals surface area contributed by atoms with E-state index in [1.165, 1.54) is 21.9 Å². The molecule has 1 aromatic heterocycles. The summed E-state index contributed by atoms with van der Waals surface area (Å²) in [5.41, 5.74) is 8.77. The number of halogens is 2. The van der Waals surface area contributed by atoms with Crippen molar-refractivity contribution in [3.05, 3.63) is 71.6 Å². The SMILES string of the molecule is C=C/C(=C(\N=CC)[C@H](C)OC)c1c2c3cc(ccc3n1CC)-c1cc(O)cc(c1)C[C@H](NC(=O)[C@H](C(C)C)N(C)C(=O)C1CCN(C(=O)C#CC(F)(F)N(C)C)C1)C(=O)N1CCC[C@H](N1)C(=O)OCC(C)(C)C2. The van der Waals surface area contributed by atoms with Gasteiger partial charge in [-0.2, -0.15) is 8.78 Å². The van der Waals surface area contributed by atoms with Crippen molar-refractivity contribution >= 4 is 52.3 Å². The van der Waals surface area contributed by atoms with Gasteiger partial charge in [0.25, 0.3) is 11.8 Å². The Hall–Kier alpha value is -6.42. The minimum atomic E-state index is -3.52. The van der Waals surface area contributed by atoms with Crippen LogP contribution in [0.1, 0.15) is 84.5 Å². The van der Waals surface area contributed by atoms with Crippen molar-refractivity contribution in [3.63, 3.8) is 0 Å². The van der Waals surface area contributed by atoms with Gasteiger partial charge in [-0.3, -0.25) is 34.0 Å². The van der Waals surface area contributed by atoms with Crippen LogP contribution in [-0.2, 0) is 52.8 Å². The highest BCUT2D eigenvalue weighted by molar-refractivity contribution is 5.97. The van der Waals surface area contributed by atoms with E-state index < -0.39 is 71.0 Å². The van der Waals surface area contributed by atoms with Gasteiger partial charge in [-0.15, -0.1) is 0 Å². The molecule has 394 valence electrons. The number of phenols is 1. The number of nitrogens with zero attached hydrogens (tertiary/aromatic N) is 6. The Labute approximate surface area is 427 Å². The molecule has 6 rings (SSSR count). The van der Waals surface area contributed by atoms with Crippen molar-refractivity contribution in [2.24, 2.45) is 22.2 Å². The summed E-state index contributed by atoms with van der Waals surface area (Å²) in [5, 5.41) is 16.6. The molecular weight excluding hydrogens is 939 g/mol. The normalized spacial score (nSPS) is 20.8. The highest BCUT2D eigenvalue weighted by Crippen LogP contribution is 2.41. The zero-order chi connectivity index (χ0) is 53.7. The van der Waals surface area contributed by atoms with Crippen molar-refractivity contribution in [1.82, 2.24) is 35.0 Å². The Morgan fingerprint density at radius 1 is 1.10 bits per heavy atom. The molecule has 4 heterocycles.